The van der Waals surface area contributed by atoms with Gasteiger partial charge in [0.1, 0.15) is 47.5 Å². The molecule has 3 amide bonds. The maximum Gasteiger partial charge on any atom is 1.00 e. The van der Waals surface area contributed by atoms with Crippen molar-refractivity contribution in [2.45, 2.75) is 103 Å². The number of hydrogen-bond acceptors (Lipinski definition) is 16. The molecule has 26 heteroatoms. The second kappa shape index (κ2) is 25.3. The van der Waals surface area contributed by atoms with Crippen molar-refractivity contribution in [3.8, 4) is 0 Å². The molecule has 0 unspecified atom stereocenters. The second-order valence-electron chi connectivity index (χ2n) is 19.6. The van der Waals surface area contributed by atoms with Crippen molar-refractivity contribution in [3.63, 3.8) is 0 Å². The average Bonchev–Trinajstić information content (AvgIpc) is 3.82. The minimum absolute atomic E-state index is 0. The van der Waals surface area contributed by atoms with E-state index in [1.54, 1.807) is 19.2 Å². The number of nitrogens with one attached hydrogen (secondary N) is 1. The first-order valence-electron chi connectivity index (χ1n) is 23.5. The molecule has 0 spiro atoms. The van der Waals surface area contributed by atoms with Gasteiger partial charge in [-0.2, -0.15) is 4.58 Å². The Balaban J connectivity index is 0.00000364. The van der Waals surface area contributed by atoms with Gasteiger partial charge in [0.15, 0.2) is 5.71 Å². The molecule has 0 saturated carbocycles. The van der Waals surface area contributed by atoms with Crippen LogP contribution in [-0.4, -0.2) is 111 Å². The van der Waals surface area contributed by atoms with Gasteiger partial charge < -0.3 is 28.4 Å². The topological polar surface area (TPSA) is 302 Å². The van der Waals surface area contributed by atoms with Crippen LogP contribution in [0.25, 0.3) is 21.5 Å². The van der Waals surface area contributed by atoms with Gasteiger partial charge >= 0.3 is 154 Å². The standard InChI is InChI=1S/C51H54N4O15S4.3K/c1-50(2)43(53(5)39-17-15-35-37(48(39)50)27-33(71(59,60)61)29-41(35)73(65,66)67)19-13-31-10-9-11-32(26-31)14-20-44-51(3,4)49-38-28-34(72(62,63)64)30-42(74(68,69)70)36(38)16-18-40(49)54(44)24-8-6-7-12-45(56)52-23-25-55-46(57)21-22-47(55)58;;;/h13-22,26-30H,6-12,23-25H2,1-5H3,(H4-,52,56,59,60,61,62,63,64,65,66,67,68,69,70);;;/q;3*+1/p-3. The Morgan fingerprint density at radius 3 is 1.77 bits per heavy atom. The summed E-state index contributed by atoms with van der Waals surface area (Å²) in [6, 6.07) is 9.53. The van der Waals surface area contributed by atoms with Crippen LogP contribution in [0.5, 0.6) is 0 Å². The van der Waals surface area contributed by atoms with Crippen molar-refractivity contribution in [3.05, 3.63) is 119 Å². The summed E-state index contributed by atoms with van der Waals surface area (Å²) in [6.07, 6.45) is 16.1. The summed E-state index contributed by atoms with van der Waals surface area (Å²) in [7, 11) is -19.0. The van der Waals surface area contributed by atoms with Gasteiger partial charge in [-0.1, -0.05) is 44.6 Å². The van der Waals surface area contributed by atoms with Crippen LogP contribution in [0.4, 0.5) is 11.4 Å². The quantitative estimate of drug-likeness (QED) is 0.0374. The van der Waals surface area contributed by atoms with Gasteiger partial charge in [0.2, 0.25) is 11.6 Å². The summed E-state index contributed by atoms with van der Waals surface area (Å²) in [6.45, 7) is 7.99. The molecule has 4 aromatic rings. The van der Waals surface area contributed by atoms with Crippen molar-refractivity contribution < 1.29 is 225 Å². The number of unbranched alkanes of at least 4 members (excludes halogenated alkanes) is 2. The molecule has 0 saturated heterocycles. The Morgan fingerprint density at radius 1 is 0.649 bits per heavy atom. The Labute approximate surface area is 576 Å². The molecule has 392 valence electrons. The molecule has 77 heavy (non-hydrogen) atoms. The van der Waals surface area contributed by atoms with Gasteiger partial charge in [-0.3, -0.25) is 19.3 Å². The van der Waals surface area contributed by atoms with E-state index in [0.717, 1.165) is 46.0 Å². The Morgan fingerprint density at radius 2 is 1.21 bits per heavy atom. The predicted octanol–water partition coefficient (Wildman–Crippen LogP) is -3.50. The van der Waals surface area contributed by atoms with Crippen LogP contribution in [0.15, 0.2) is 127 Å². The number of imide groups is 1. The number of hydrogen-bond donors (Lipinski definition) is 1. The summed E-state index contributed by atoms with van der Waals surface area (Å²) in [5.74, 6) is -1.15. The first kappa shape index (κ1) is 66.5. The number of fused-ring (bicyclic) bond motifs is 6. The van der Waals surface area contributed by atoms with E-state index in [-0.39, 0.29) is 201 Å². The molecule has 1 aliphatic carbocycles. The average molecular weight is 1210 g/mol. The van der Waals surface area contributed by atoms with E-state index in [9.17, 15) is 66.3 Å². The maximum atomic E-state index is 12.7. The second-order valence-corrected chi connectivity index (χ2v) is 25.1. The smallest absolute Gasteiger partial charge is 0.744 e. The third kappa shape index (κ3) is 14.1. The molecule has 0 radical (unpaired) electrons. The SMILES string of the molecule is C[N+]1=C(/C=C/C2=CC(=C/C=C3\N(CCCCCC(=O)NCCN4C(=O)C=CC4=O)c4ccc5c(S(=O)(=O)[O-])cc(S(=O)(=O)[O-])cc5c4C3(C)C)/CCC2)C(C)(C)c2c1ccc1c(S(=O)(=O)[O-])cc(S(=O)(=O)[O-])cc21.[K+].[K+].[K+]. The first-order chi connectivity index (χ1) is 34.4. The zero-order valence-corrected chi connectivity index (χ0v) is 56.5. The number of carbonyl (C=O) groups is 3. The van der Waals surface area contributed by atoms with Crippen LogP contribution in [0.3, 0.4) is 0 Å². The predicted molar refractivity (Wildman–Crippen MR) is 269 cm³/mol. The van der Waals surface area contributed by atoms with E-state index in [0.29, 0.717) is 73.3 Å². The molecule has 4 aliphatic rings. The zero-order chi connectivity index (χ0) is 54.1. The van der Waals surface area contributed by atoms with Gasteiger partial charge in [-0.25, -0.2) is 33.7 Å². The van der Waals surface area contributed by atoms with Gasteiger partial charge in [-0.05, 0) is 121 Å². The third-order valence-electron chi connectivity index (χ3n) is 14.1. The van der Waals surface area contributed by atoms with Crippen molar-refractivity contribution >= 4 is 96.8 Å². The summed E-state index contributed by atoms with van der Waals surface area (Å²) in [5, 5.41) is 2.92. The number of amides is 3. The fourth-order valence-corrected chi connectivity index (χ4v) is 13.3. The van der Waals surface area contributed by atoms with E-state index in [1.807, 2.05) is 67.6 Å². The van der Waals surface area contributed by atoms with Gasteiger partial charge in [0, 0.05) is 78.1 Å². The molecule has 4 aromatic carbocycles. The molecule has 3 aliphatic heterocycles. The third-order valence-corrected chi connectivity index (χ3v) is 17.5. The Hall–Kier alpha value is -1.27. The first-order valence-corrected chi connectivity index (χ1v) is 29.1. The Bertz CT molecular complexity index is 3790. The molecule has 19 nitrogen and oxygen atoms in total. The molecule has 3 heterocycles. The van der Waals surface area contributed by atoms with Crippen molar-refractivity contribution in [2.75, 3.05) is 31.6 Å². The van der Waals surface area contributed by atoms with Crippen molar-refractivity contribution in [1.82, 2.24) is 10.2 Å². The minimum Gasteiger partial charge on any atom is -0.744 e. The van der Waals surface area contributed by atoms with Crippen LogP contribution in [0, 0.1) is 0 Å². The van der Waals surface area contributed by atoms with Gasteiger partial charge in [0.05, 0.1) is 25.0 Å². The fourth-order valence-electron chi connectivity index (χ4n) is 10.7. The molecule has 0 bridgehead atoms. The maximum absolute atomic E-state index is 12.7. The Kier molecular flexibility index (Phi) is 21.9. The largest absolute Gasteiger partial charge is 1.00 e. The van der Waals surface area contributed by atoms with E-state index >= 15 is 0 Å². The molecular formula is C51H51K3N4O15S4. The molecule has 0 atom stereocenters. The van der Waals surface area contributed by atoms with Gasteiger partial charge in [-0.15, -0.1) is 0 Å². The molecule has 8 rings (SSSR count). The molecule has 0 fully saturated rings. The van der Waals surface area contributed by atoms with Crippen LogP contribution in [0.2, 0.25) is 0 Å². The number of rotatable bonds is 16. The summed E-state index contributed by atoms with van der Waals surface area (Å²) >= 11 is 0. The minimum atomic E-state index is -5.26. The normalized spacial score (nSPS) is 18.2. The van der Waals surface area contributed by atoms with Crippen molar-refractivity contribution in [2.24, 2.45) is 0 Å². The van der Waals surface area contributed by atoms with Crippen LogP contribution in [-0.2, 0) is 65.7 Å². The van der Waals surface area contributed by atoms with Crippen LogP contribution >= 0.6 is 0 Å². The van der Waals surface area contributed by atoms with E-state index in [2.05, 4.69) is 5.32 Å². The molecular weight excluding hydrogens is 1150 g/mol. The number of allylic oxidation sites excluding steroid dienone is 8. The summed E-state index contributed by atoms with van der Waals surface area (Å²) in [5.41, 5.74) is 3.75. The number of benzene rings is 4. The van der Waals surface area contributed by atoms with Crippen LogP contribution in [0.1, 0.15) is 83.8 Å². The van der Waals surface area contributed by atoms with E-state index in [1.165, 1.54) is 24.3 Å². The number of anilines is 1. The van der Waals surface area contributed by atoms with E-state index < -0.39 is 82.7 Å². The molecule has 0 aromatic heterocycles. The summed E-state index contributed by atoms with van der Waals surface area (Å²) in [4.78, 5) is 36.0. The summed E-state index contributed by atoms with van der Waals surface area (Å²) < 4.78 is 150. The van der Waals surface area contributed by atoms with Gasteiger partial charge in [0.25, 0.3) is 11.8 Å². The fraction of sp³-hybridized carbons (Fsp3) is 0.333. The van der Waals surface area contributed by atoms with Crippen LogP contribution < -0.4 is 164 Å². The number of carbonyl (C=O) groups excluding carboxylic acids is 3. The molecule has 1 N–H and O–H groups in total. The van der Waals surface area contributed by atoms with Crippen molar-refractivity contribution in [1.29, 1.82) is 0 Å². The monoisotopic (exact) mass is 1200 g/mol. The van der Waals surface area contributed by atoms with E-state index in [4.69, 9.17) is 0 Å². The number of nitrogens with zero attached hydrogens (tertiary/aromatic N) is 3. The zero-order valence-electron chi connectivity index (χ0n) is 43.8.